The highest BCUT2D eigenvalue weighted by Crippen LogP contribution is 2.19. The third-order valence-corrected chi connectivity index (χ3v) is 4.49. The Kier molecular flexibility index (Phi) is 5.77. The number of anilines is 1. The Morgan fingerprint density at radius 1 is 1.16 bits per heavy atom. The minimum atomic E-state index is 0.405. The summed E-state index contributed by atoms with van der Waals surface area (Å²) in [7, 11) is 3.49. The van der Waals surface area contributed by atoms with E-state index in [0.717, 1.165) is 37.8 Å². The number of methoxy groups -OCH3 is 1. The number of ether oxygens (including phenoxy) is 1. The molecule has 2 aromatic rings. The smallest absolute Gasteiger partial charge is 0.191 e. The summed E-state index contributed by atoms with van der Waals surface area (Å²) in [6.07, 6.45) is 1.11. The van der Waals surface area contributed by atoms with Gasteiger partial charge in [0.25, 0.3) is 0 Å². The van der Waals surface area contributed by atoms with Gasteiger partial charge >= 0.3 is 0 Å². The summed E-state index contributed by atoms with van der Waals surface area (Å²) in [5.74, 6) is 1.72. The Bertz CT molecular complexity index is 685. The van der Waals surface area contributed by atoms with Crippen LogP contribution in [0.2, 0.25) is 0 Å². The van der Waals surface area contributed by atoms with E-state index in [1.165, 1.54) is 11.3 Å². The van der Waals surface area contributed by atoms with Gasteiger partial charge in [0.1, 0.15) is 5.75 Å². The van der Waals surface area contributed by atoms with Gasteiger partial charge in [-0.1, -0.05) is 30.3 Å². The van der Waals surface area contributed by atoms with Crippen molar-refractivity contribution in [3.8, 4) is 5.75 Å². The van der Waals surface area contributed by atoms with Crippen molar-refractivity contribution in [3.63, 3.8) is 0 Å². The molecule has 1 aliphatic heterocycles. The van der Waals surface area contributed by atoms with Gasteiger partial charge in [-0.25, -0.2) is 0 Å². The van der Waals surface area contributed by atoms with Crippen LogP contribution >= 0.6 is 0 Å². The van der Waals surface area contributed by atoms with E-state index in [2.05, 4.69) is 63.0 Å². The molecule has 1 atom stereocenters. The first-order valence-corrected chi connectivity index (χ1v) is 8.68. The molecule has 3 rings (SSSR count). The first kappa shape index (κ1) is 17.1. The van der Waals surface area contributed by atoms with E-state index >= 15 is 0 Å². The van der Waals surface area contributed by atoms with Crippen LogP contribution in [0, 0.1) is 0 Å². The molecular weight excluding hydrogens is 312 g/mol. The number of hydrogen-bond acceptors (Lipinski definition) is 3. The molecule has 0 aliphatic carbocycles. The molecule has 1 aliphatic rings. The molecule has 0 amide bonds. The van der Waals surface area contributed by atoms with Crippen molar-refractivity contribution in [2.45, 2.75) is 19.0 Å². The summed E-state index contributed by atoms with van der Waals surface area (Å²) < 4.78 is 5.19. The van der Waals surface area contributed by atoms with E-state index in [4.69, 9.17) is 4.74 Å². The van der Waals surface area contributed by atoms with Crippen molar-refractivity contribution in [1.29, 1.82) is 0 Å². The van der Waals surface area contributed by atoms with Gasteiger partial charge in [0.15, 0.2) is 5.96 Å². The molecule has 5 nitrogen and oxygen atoms in total. The topological polar surface area (TPSA) is 48.9 Å². The van der Waals surface area contributed by atoms with Gasteiger partial charge in [-0.15, -0.1) is 0 Å². The molecule has 0 radical (unpaired) electrons. The number of nitrogens with one attached hydrogen (secondary N) is 2. The van der Waals surface area contributed by atoms with Crippen molar-refractivity contribution in [3.05, 3.63) is 60.2 Å². The summed E-state index contributed by atoms with van der Waals surface area (Å²) in [4.78, 5) is 6.76. The predicted octanol–water partition coefficient (Wildman–Crippen LogP) is 2.64. The fraction of sp³-hybridized carbons (Fsp3) is 0.350. The second-order valence-corrected chi connectivity index (χ2v) is 6.19. The van der Waals surface area contributed by atoms with E-state index in [9.17, 15) is 0 Å². The molecule has 2 aromatic carbocycles. The van der Waals surface area contributed by atoms with Crippen molar-refractivity contribution < 1.29 is 4.74 Å². The molecule has 0 bridgehead atoms. The fourth-order valence-corrected chi connectivity index (χ4v) is 3.07. The second-order valence-electron chi connectivity index (χ2n) is 6.19. The Labute approximate surface area is 149 Å². The van der Waals surface area contributed by atoms with Gasteiger partial charge in [-0.2, -0.15) is 0 Å². The number of rotatable bonds is 5. The van der Waals surface area contributed by atoms with E-state index < -0.39 is 0 Å². The largest absolute Gasteiger partial charge is 0.497 e. The fourth-order valence-electron chi connectivity index (χ4n) is 3.07. The average Bonchev–Trinajstić information content (AvgIpc) is 3.15. The lowest BCUT2D eigenvalue weighted by Crippen LogP contribution is -2.44. The van der Waals surface area contributed by atoms with Gasteiger partial charge in [-0.05, 0) is 36.2 Å². The van der Waals surface area contributed by atoms with Crippen molar-refractivity contribution in [2.75, 3.05) is 32.1 Å². The van der Waals surface area contributed by atoms with Gasteiger partial charge in [0.05, 0.1) is 7.11 Å². The molecule has 2 N–H and O–H groups in total. The Morgan fingerprint density at radius 3 is 2.60 bits per heavy atom. The zero-order valence-corrected chi connectivity index (χ0v) is 14.9. The molecule has 1 heterocycles. The lowest BCUT2D eigenvalue weighted by molar-refractivity contribution is 0.414. The average molecular weight is 338 g/mol. The maximum atomic E-state index is 5.19. The molecule has 132 valence electrons. The van der Waals surface area contributed by atoms with Crippen molar-refractivity contribution in [1.82, 2.24) is 10.6 Å². The number of guanidine groups is 1. The normalized spacial score (nSPS) is 17.4. The van der Waals surface area contributed by atoms with E-state index in [1.54, 1.807) is 7.11 Å². The Balaban J connectivity index is 1.49. The lowest BCUT2D eigenvalue weighted by Gasteiger charge is -2.20. The molecule has 0 saturated carbocycles. The highest BCUT2D eigenvalue weighted by Gasteiger charge is 2.23. The standard InChI is InChI=1S/C20H26N4O/c1-21-20(22-14-16-8-10-19(25-2)11-9-16)23-17-12-13-24(15-17)18-6-4-3-5-7-18/h3-11,17H,12-15H2,1-2H3,(H2,21,22,23). The molecule has 5 heteroatoms. The minimum absolute atomic E-state index is 0.405. The second kappa shape index (κ2) is 8.42. The maximum Gasteiger partial charge on any atom is 0.191 e. The first-order chi connectivity index (χ1) is 12.3. The quantitative estimate of drug-likeness (QED) is 0.650. The summed E-state index contributed by atoms with van der Waals surface area (Å²) >= 11 is 0. The number of hydrogen-bond donors (Lipinski definition) is 2. The summed E-state index contributed by atoms with van der Waals surface area (Å²) in [6, 6.07) is 19.0. The number of para-hydroxylation sites is 1. The minimum Gasteiger partial charge on any atom is -0.497 e. The SMILES string of the molecule is CN=C(NCc1ccc(OC)cc1)NC1CCN(c2ccccc2)C1. The number of benzene rings is 2. The highest BCUT2D eigenvalue weighted by molar-refractivity contribution is 5.80. The lowest BCUT2D eigenvalue weighted by atomic mass is 10.2. The predicted molar refractivity (Wildman–Crippen MR) is 103 cm³/mol. The van der Waals surface area contributed by atoms with Crippen LogP contribution in [0.15, 0.2) is 59.6 Å². The summed E-state index contributed by atoms with van der Waals surface area (Å²) in [5, 5.41) is 6.91. The zero-order chi connectivity index (χ0) is 17.5. The van der Waals surface area contributed by atoms with Crippen LogP contribution in [-0.4, -0.2) is 39.2 Å². The van der Waals surface area contributed by atoms with Crippen molar-refractivity contribution >= 4 is 11.6 Å². The van der Waals surface area contributed by atoms with Crippen LogP contribution in [0.4, 0.5) is 5.69 Å². The van der Waals surface area contributed by atoms with Crippen molar-refractivity contribution in [2.24, 2.45) is 4.99 Å². The first-order valence-electron chi connectivity index (χ1n) is 8.68. The van der Waals surface area contributed by atoms with E-state index in [0.29, 0.717) is 6.04 Å². The summed E-state index contributed by atoms with van der Waals surface area (Å²) in [5.41, 5.74) is 2.48. The van der Waals surface area contributed by atoms with Gasteiger partial charge in [0.2, 0.25) is 0 Å². The number of aliphatic imine (C=N–C) groups is 1. The Morgan fingerprint density at radius 2 is 1.92 bits per heavy atom. The van der Waals surface area contributed by atoms with Crippen LogP contribution in [0.25, 0.3) is 0 Å². The van der Waals surface area contributed by atoms with Crippen LogP contribution in [0.5, 0.6) is 5.75 Å². The molecule has 1 fully saturated rings. The third-order valence-electron chi connectivity index (χ3n) is 4.49. The van der Waals surface area contributed by atoms with Crippen LogP contribution in [0.3, 0.4) is 0 Å². The Hall–Kier alpha value is -2.69. The van der Waals surface area contributed by atoms with Gasteiger partial charge < -0.3 is 20.3 Å². The third kappa shape index (κ3) is 4.66. The molecular formula is C20H26N4O. The molecule has 1 saturated heterocycles. The molecule has 25 heavy (non-hydrogen) atoms. The number of nitrogens with zero attached hydrogens (tertiary/aromatic N) is 2. The van der Waals surface area contributed by atoms with Gasteiger partial charge in [-0.3, -0.25) is 4.99 Å². The van der Waals surface area contributed by atoms with Crippen LogP contribution < -0.4 is 20.3 Å². The van der Waals surface area contributed by atoms with Crippen LogP contribution in [0.1, 0.15) is 12.0 Å². The van der Waals surface area contributed by atoms with Gasteiger partial charge in [0, 0.05) is 38.4 Å². The molecule has 0 spiro atoms. The monoisotopic (exact) mass is 338 g/mol. The zero-order valence-electron chi connectivity index (χ0n) is 14.9. The van der Waals surface area contributed by atoms with E-state index in [-0.39, 0.29) is 0 Å². The summed E-state index contributed by atoms with van der Waals surface area (Å²) in [6.45, 7) is 2.79. The van der Waals surface area contributed by atoms with E-state index in [1.807, 2.05) is 19.2 Å². The highest BCUT2D eigenvalue weighted by atomic mass is 16.5. The molecule has 1 unspecified atom stereocenters. The maximum absolute atomic E-state index is 5.19. The molecule has 0 aromatic heterocycles. The van der Waals surface area contributed by atoms with Crippen LogP contribution in [-0.2, 0) is 6.54 Å².